The molecule has 0 spiro atoms. The summed E-state index contributed by atoms with van der Waals surface area (Å²) in [7, 11) is 1.59. The molecule has 7 heteroatoms. The molecule has 6 nitrogen and oxygen atoms in total. The molecule has 0 atom stereocenters. The zero-order chi connectivity index (χ0) is 21.9. The first kappa shape index (κ1) is 21.8. The summed E-state index contributed by atoms with van der Waals surface area (Å²) in [5, 5.41) is 0. The van der Waals surface area contributed by atoms with Crippen LogP contribution in [0.15, 0.2) is 47.5 Å². The van der Waals surface area contributed by atoms with E-state index in [0.29, 0.717) is 22.7 Å². The molecule has 30 heavy (non-hydrogen) atoms. The standard InChI is InChI=1S/C23H26N2O4S/c1-6-29-20(26)14-25-18-12-11-17(28-5)13-19(18)30-22(25)24-21(27)15-7-9-16(10-8-15)23(2,3)4/h7-13H,6,14H2,1-5H3. The molecule has 158 valence electrons. The van der Waals surface area contributed by atoms with Crippen molar-refractivity contribution in [2.75, 3.05) is 13.7 Å². The molecule has 3 rings (SSSR count). The maximum absolute atomic E-state index is 12.8. The zero-order valence-corrected chi connectivity index (χ0v) is 18.7. The van der Waals surface area contributed by atoms with E-state index < -0.39 is 0 Å². The highest BCUT2D eigenvalue weighted by Crippen LogP contribution is 2.24. The topological polar surface area (TPSA) is 69.9 Å². The Morgan fingerprint density at radius 3 is 2.40 bits per heavy atom. The molecule has 1 amide bonds. The van der Waals surface area contributed by atoms with Crippen molar-refractivity contribution in [3.63, 3.8) is 0 Å². The van der Waals surface area contributed by atoms with Gasteiger partial charge in [0.15, 0.2) is 4.80 Å². The largest absolute Gasteiger partial charge is 0.497 e. The molecule has 1 aromatic heterocycles. The number of aromatic nitrogens is 1. The first-order chi connectivity index (χ1) is 14.2. The number of esters is 1. The average molecular weight is 427 g/mol. The summed E-state index contributed by atoms with van der Waals surface area (Å²) in [6, 6.07) is 13.0. The second-order valence-electron chi connectivity index (χ2n) is 7.85. The number of nitrogens with zero attached hydrogens (tertiary/aromatic N) is 2. The molecule has 0 aliphatic heterocycles. The van der Waals surface area contributed by atoms with Crippen molar-refractivity contribution in [1.29, 1.82) is 0 Å². The summed E-state index contributed by atoms with van der Waals surface area (Å²) in [5.41, 5.74) is 2.45. The van der Waals surface area contributed by atoms with E-state index in [1.165, 1.54) is 11.3 Å². The monoisotopic (exact) mass is 426 g/mol. The van der Waals surface area contributed by atoms with Gasteiger partial charge in [0.25, 0.3) is 5.91 Å². The van der Waals surface area contributed by atoms with Crippen molar-refractivity contribution in [2.45, 2.75) is 39.7 Å². The maximum Gasteiger partial charge on any atom is 0.326 e. The number of carbonyl (C=O) groups is 2. The number of thiazole rings is 1. The lowest BCUT2D eigenvalue weighted by Crippen LogP contribution is -2.23. The summed E-state index contributed by atoms with van der Waals surface area (Å²) in [6.45, 7) is 8.40. The maximum atomic E-state index is 12.8. The first-order valence-corrected chi connectivity index (χ1v) is 10.6. The smallest absolute Gasteiger partial charge is 0.326 e. The Morgan fingerprint density at radius 1 is 1.10 bits per heavy atom. The minimum Gasteiger partial charge on any atom is -0.497 e. The molecule has 3 aromatic rings. The van der Waals surface area contributed by atoms with Gasteiger partial charge in [0.05, 0.1) is 23.9 Å². The van der Waals surface area contributed by atoms with Gasteiger partial charge < -0.3 is 14.0 Å². The van der Waals surface area contributed by atoms with Crippen LogP contribution in [0.5, 0.6) is 5.75 Å². The summed E-state index contributed by atoms with van der Waals surface area (Å²) in [5.74, 6) is -0.0364. The van der Waals surface area contributed by atoms with Gasteiger partial charge in [-0.25, -0.2) is 0 Å². The highest BCUT2D eigenvalue weighted by atomic mass is 32.1. The second kappa shape index (κ2) is 8.83. The van der Waals surface area contributed by atoms with Gasteiger partial charge in [-0.1, -0.05) is 44.2 Å². The Morgan fingerprint density at radius 2 is 1.80 bits per heavy atom. The highest BCUT2D eigenvalue weighted by molar-refractivity contribution is 7.16. The molecule has 0 N–H and O–H groups in total. The molecule has 0 radical (unpaired) electrons. The van der Waals surface area contributed by atoms with Crippen molar-refractivity contribution >= 4 is 33.4 Å². The van der Waals surface area contributed by atoms with Crippen LogP contribution < -0.4 is 9.54 Å². The van der Waals surface area contributed by atoms with Crippen molar-refractivity contribution in [3.05, 3.63) is 58.4 Å². The van der Waals surface area contributed by atoms with Crippen LogP contribution in [0.1, 0.15) is 43.6 Å². The summed E-state index contributed by atoms with van der Waals surface area (Å²) in [4.78, 5) is 29.7. The van der Waals surface area contributed by atoms with Gasteiger partial charge in [0.1, 0.15) is 12.3 Å². The van der Waals surface area contributed by atoms with Gasteiger partial charge in [-0.3, -0.25) is 9.59 Å². The average Bonchev–Trinajstić information content (AvgIpc) is 3.03. The molecule has 0 aliphatic rings. The number of rotatable bonds is 5. The van der Waals surface area contributed by atoms with E-state index in [4.69, 9.17) is 9.47 Å². The fraction of sp³-hybridized carbons (Fsp3) is 0.348. The quantitative estimate of drug-likeness (QED) is 0.570. The number of hydrogen-bond donors (Lipinski definition) is 0. The van der Waals surface area contributed by atoms with Crippen LogP contribution >= 0.6 is 11.3 Å². The summed E-state index contributed by atoms with van der Waals surface area (Å²) >= 11 is 1.33. The molecule has 0 saturated carbocycles. The molecule has 0 bridgehead atoms. The molecule has 0 saturated heterocycles. The van der Waals surface area contributed by atoms with Gasteiger partial charge in [-0.15, -0.1) is 0 Å². The molecular weight excluding hydrogens is 400 g/mol. The van der Waals surface area contributed by atoms with Gasteiger partial charge in [-0.2, -0.15) is 4.99 Å². The number of hydrogen-bond acceptors (Lipinski definition) is 5. The predicted octanol–water partition coefficient (Wildman–Crippen LogP) is 4.31. The number of carbonyl (C=O) groups excluding carboxylic acids is 2. The molecule has 0 unspecified atom stereocenters. The summed E-state index contributed by atoms with van der Waals surface area (Å²) in [6.07, 6.45) is 0. The number of ether oxygens (including phenoxy) is 2. The zero-order valence-electron chi connectivity index (χ0n) is 17.9. The number of methoxy groups -OCH3 is 1. The van der Waals surface area contributed by atoms with E-state index in [0.717, 1.165) is 15.8 Å². The van der Waals surface area contributed by atoms with Gasteiger partial charge in [0, 0.05) is 5.56 Å². The van der Waals surface area contributed by atoms with Gasteiger partial charge in [0.2, 0.25) is 0 Å². The minimum absolute atomic E-state index is 0.00587. The molecule has 1 heterocycles. The molecule has 2 aromatic carbocycles. The molecule has 0 fully saturated rings. The molecule has 0 aliphatic carbocycles. The van der Waals surface area contributed by atoms with E-state index in [1.54, 1.807) is 30.7 Å². The van der Waals surface area contributed by atoms with Crippen molar-refractivity contribution < 1.29 is 19.1 Å². The van der Waals surface area contributed by atoms with Crippen LogP contribution in [0.2, 0.25) is 0 Å². The lowest BCUT2D eigenvalue weighted by Gasteiger charge is -2.18. The van der Waals surface area contributed by atoms with E-state index in [9.17, 15) is 9.59 Å². The van der Waals surface area contributed by atoms with E-state index >= 15 is 0 Å². The van der Waals surface area contributed by atoms with Gasteiger partial charge in [-0.05, 0) is 48.2 Å². The fourth-order valence-electron chi connectivity index (χ4n) is 3.02. The third-order valence-corrected chi connectivity index (χ3v) is 5.72. The third-order valence-electron chi connectivity index (χ3n) is 4.68. The van der Waals surface area contributed by atoms with E-state index in [1.807, 2.05) is 30.3 Å². The van der Waals surface area contributed by atoms with Gasteiger partial charge >= 0.3 is 5.97 Å². The van der Waals surface area contributed by atoms with Crippen molar-refractivity contribution in [2.24, 2.45) is 4.99 Å². The number of benzene rings is 2. The van der Waals surface area contributed by atoms with E-state index in [-0.39, 0.29) is 23.8 Å². The Balaban J connectivity index is 2.05. The molecular formula is C23H26N2O4S. The first-order valence-electron chi connectivity index (χ1n) is 9.75. The number of amides is 1. The lowest BCUT2D eigenvalue weighted by molar-refractivity contribution is -0.143. The Labute approximate surface area is 179 Å². The Bertz CT molecular complexity index is 1130. The summed E-state index contributed by atoms with van der Waals surface area (Å²) < 4.78 is 13.0. The minimum atomic E-state index is -0.378. The SMILES string of the molecule is CCOC(=O)Cn1c(=NC(=O)c2ccc(C(C)(C)C)cc2)sc2cc(OC)ccc21. The van der Waals surface area contributed by atoms with E-state index in [2.05, 4.69) is 25.8 Å². The lowest BCUT2D eigenvalue weighted by atomic mass is 9.87. The highest BCUT2D eigenvalue weighted by Gasteiger charge is 2.16. The van der Waals surface area contributed by atoms with Crippen LogP contribution in [0.4, 0.5) is 0 Å². The van der Waals surface area contributed by atoms with Crippen LogP contribution in [0, 0.1) is 0 Å². The fourth-order valence-corrected chi connectivity index (χ4v) is 4.07. The van der Waals surface area contributed by atoms with Crippen LogP contribution in [-0.4, -0.2) is 30.2 Å². The third kappa shape index (κ3) is 4.79. The van der Waals surface area contributed by atoms with Crippen LogP contribution in [0.25, 0.3) is 10.2 Å². The van der Waals surface area contributed by atoms with Crippen LogP contribution in [0.3, 0.4) is 0 Å². The van der Waals surface area contributed by atoms with Crippen molar-refractivity contribution in [3.8, 4) is 5.75 Å². The van der Waals surface area contributed by atoms with Crippen molar-refractivity contribution in [1.82, 2.24) is 4.57 Å². The normalized spacial score (nSPS) is 12.2. The Kier molecular flexibility index (Phi) is 6.41. The predicted molar refractivity (Wildman–Crippen MR) is 118 cm³/mol. The van der Waals surface area contributed by atoms with Crippen LogP contribution in [-0.2, 0) is 21.5 Å². The Hall–Kier alpha value is -2.93. The second-order valence-corrected chi connectivity index (χ2v) is 8.86. The number of fused-ring (bicyclic) bond motifs is 1.